The van der Waals surface area contributed by atoms with Crippen LogP contribution in [-0.4, -0.2) is 32.2 Å². The molecule has 8 nitrogen and oxygen atoms in total. The van der Waals surface area contributed by atoms with Gasteiger partial charge in [-0.15, -0.1) is 0 Å². The molecule has 0 bridgehead atoms. The average molecular weight is 509 g/mol. The number of carbonyl (C=O) groups is 1. The number of hydrogen-bond acceptors (Lipinski definition) is 4. The van der Waals surface area contributed by atoms with Crippen LogP contribution >= 0.6 is 7.82 Å². The standard InChI is InChI=1S/C19H14F6N3O5P/c20-14-4-1-3-13(19(23,24)25)12(14)9-27-8-11(7-26-27)28(10-33-34(30,31)32)18(29)17-15(21)5-2-6-16(17)22/h1-8H,9-10H2,(H2,30,31,32). The van der Waals surface area contributed by atoms with E-state index in [1.807, 2.05) is 0 Å². The molecule has 0 spiro atoms. The van der Waals surface area contributed by atoms with Gasteiger partial charge < -0.3 is 9.79 Å². The first kappa shape index (κ1) is 25.4. The molecule has 182 valence electrons. The van der Waals surface area contributed by atoms with Gasteiger partial charge >= 0.3 is 14.0 Å². The number of aromatic nitrogens is 2. The Labute approximate surface area is 187 Å². The van der Waals surface area contributed by atoms with E-state index >= 15 is 0 Å². The van der Waals surface area contributed by atoms with Gasteiger partial charge in [-0.05, 0) is 24.3 Å². The Hall–Kier alpha value is -3.19. The number of halogens is 6. The van der Waals surface area contributed by atoms with Crippen molar-refractivity contribution in [2.75, 3.05) is 11.6 Å². The minimum Gasteiger partial charge on any atom is -0.303 e. The molecule has 3 rings (SSSR count). The molecule has 3 aromatic rings. The van der Waals surface area contributed by atoms with Crippen LogP contribution in [0.3, 0.4) is 0 Å². The van der Waals surface area contributed by atoms with Gasteiger partial charge in [0, 0.05) is 11.8 Å². The lowest BCUT2D eigenvalue weighted by molar-refractivity contribution is -0.138. The average Bonchev–Trinajstić information content (AvgIpc) is 3.16. The molecule has 0 atom stereocenters. The quantitative estimate of drug-likeness (QED) is 0.283. The highest BCUT2D eigenvalue weighted by Gasteiger charge is 2.35. The molecule has 0 unspecified atom stereocenters. The van der Waals surface area contributed by atoms with Crippen LogP contribution < -0.4 is 4.90 Å². The second-order valence-electron chi connectivity index (χ2n) is 6.74. The zero-order chi connectivity index (χ0) is 25.3. The third-order valence-corrected chi connectivity index (χ3v) is 4.90. The molecule has 2 aromatic carbocycles. The molecule has 0 fully saturated rings. The largest absolute Gasteiger partial charge is 0.471 e. The summed E-state index contributed by atoms with van der Waals surface area (Å²) in [6, 6.07) is 4.84. The monoisotopic (exact) mass is 509 g/mol. The predicted octanol–water partition coefficient (Wildman–Crippen LogP) is 4.08. The van der Waals surface area contributed by atoms with Crippen molar-refractivity contribution in [3.05, 3.63) is 82.9 Å². The second kappa shape index (κ2) is 9.58. The molecule has 1 heterocycles. The molecule has 0 aliphatic heterocycles. The van der Waals surface area contributed by atoms with E-state index in [4.69, 9.17) is 9.79 Å². The van der Waals surface area contributed by atoms with Crippen molar-refractivity contribution in [2.45, 2.75) is 12.7 Å². The topological polar surface area (TPSA) is 105 Å². The van der Waals surface area contributed by atoms with Gasteiger partial charge in [0.25, 0.3) is 5.91 Å². The lowest BCUT2D eigenvalue weighted by Gasteiger charge is -2.21. The minimum atomic E-state index is -5.16. The Morgan fingerprint density at radius 2 is 1.65 bits per heavy atom. The van der Waals surface area contributed by atoms with Crippen molar-refractivity contribution in [3.8, 4) is 0 Å². The predicted molar refractivity (Wildman–Crippen MR) is 104 cm³/mol. The summed E-state index contributed by atoms with van der Waals surface area (Å²) in [5, 5.41) is 3.71. The van der Waals surface area contributed by atoms with E-state index in [-0.39, 0.29) is 5.69 Å². The fraction of sp³-hybridized carbons (Fsp3) is 0.158. The Morgan fingerprint density at radius 3 is 2.24 bits per heavy atom. The highest BCUT2D eigenvalue weighted by molar-refractivity contribution is 7.46. The summed E-state index contributed by atoms with van der Waals surface area (Å²) in [7, 11) is -5.16. The molecule has 0 saturated carbocycles. The molecule has 1 aromatic heterocycles. The number of hydrogen-bond donors (Lipinski definition) is 2. The van der Waals surface area contributed by atoms with Crippen LogP contribution in [0.1, 0.15) is 21.5 Å². The molecule has 15 heteroatoms. The Bertz CT molecular complexity index is 1240. The van der Waals surface area contributed by atoms with Gasteiger partial charge in [0.05, 0.1) is 24.0 Å². The fourth-order valence-corrected chi connectivity index (χ4v) is 3.21. The maximum atomic E-state index is 14.1. The van der Waals surface area contributed by atoms with E-state index in [1.165, 1.54) is 0 Å². The van der Waals surface area contributed by atoms with Crippen LogP contribution in [0.2, 0.25) is 0 Å². The maximum absolute atomic E-state index is 14.1. The van der Waals surface area contributed by atoms with Crippen LogP contribution in [0.15, 0.2) is 48.8 Å². The normalized spacial score (nSPS) is 12.1. The second-order valence-corrected chi connectivity index (χ2v) is 7.98. The first-order chi connectivity index (χ1) is 15.8. The summed E-state index contributed by atoms with van der Waals surface area (Å²) < 4.78 is 98.2. The summed E-state index contributed by atoms with van der Waals surface area (Å²) >= 11 is 0. The number of amides is 1. The van der Waals surface area contributed by atoms with E-state index in [0.717, 1.165) is 47.4 Å². The molecular weight excluding hydrogens is 495 g/mol. The zero-order valence-electron chi connectivity index (χ0n) is 16.7. The van der Waals surface area contributed by atoms with Gasteiger partial charge in [-0.3, -0.25) is 18.9 Å². The SMILES string of the molecule is O=C(c1c(F)cccc1F)N(COP(=O)(O)O)c1cnn(Cc2c(F)cccc2C(F)(F)F)c1. The number of phosphoric acid groups is 1. The number of phosphoric ester groups is 1. The number of anilines is 1. The summed E-state index contributed by atoms with van der Waals surface area (Å²) in [5.74, 6) is -5.19. The number of benzene rings is 2. The number of nitrogens with zero attached hydrogens (tertiary/aromatic N) is 3. The van der Waals surface area contributed by atoms with Crippen LogP contribution in [0.4, 0.5) is 32.0 Å². The first-order valence-electron chi connectivity index (χ1n) is 9.11. The maximum Gasteiger partial charge on any atom is 0.471 e. The lowest BCUT2D eigenvalue weighted by Crippen LogP contribution is -2.34. The van der Waals surface area contributed by atoms with Crippen molar-refractivity contribution in [3.63, 3.8) is 0 Å². The molecule has 0 saturated heterocycles. The molecule has 0 aliphatic rings. The van der Waals surface area contributed by atoms with Crippen LogP contribution in [0.25, 0.3) is 0 Å². The molecule has 0 radical (unpaired) electrons. The third kappa shape index (κ3) is 5.83. The van der Waals surface area contributed by atoms with Gasteiger partial charge in [0.2, 0.25) is 0 Å². The molecular formula is C19H14F6N3O5P. The summed E-state index contributed by atoms with van der Waals surface area (Å²) in [4.78, 5) is 31.1. The van der Waals surface area contributed by atoms with Gasteiger partial charge in [0.15, 0.2) is 0 Å². The number of carbonyl (C=O) groups excluding carboxylic acids is 1. The molecule has 1 amide bonds. The van der Waals surface area contributed by atoms with Gasteiger partial charge in [-0.2, -0.15) is 18.3 Å². The molecule has 2 N–H and O–H groups in total. The van der Waals surface area contributed by atoms with Crippen LogP contribution in [0, 0.1) is 17.5 Å². The van der Waals surface area contributed by atoms with E-state index in [0.29, 0.717) is 11.0 Å². The molecule has 34 heavy (non-hydrogen) atoms. The Morgan fingerprint density at radius 1 is 1.06 bits per heavy atom. The van der Waals surface area contributed by atoms with Crippen molar-refractivity contribution >= 4 is 19.4 Å². The van der Waals surface area contributed by atoms with Crippen molar-refractivity contribution in [1.82, 2.24) is 9.78 Å². The number of rotatable bonds is 7. The van der Waals surface area contributed by atoms with E-state index in [2.05, 4.69) is 9.62 Å². The number of alkyl halides is 3. The first-order valence-corrected chi connectivity index (χ1v) is 10.6. The third-order valence-electron chi connectivity index (χ3n) is 4.45. The molecule has 0 aliphatic carbocycles. The van der Waals surface area contributed by atoms with E-state index in [1.54, 1.807) is 0 Å². The van der Waals surface area contributed by atoms with E-state index in [9.17, 15) is 35.7 Å². The summed E-state index contributed by atoms with van der Waals surface area (Å²) in [6.07, 6.45) is -3.12. The van der Waals surface area contributed by atoms with Crippen molar-refractivity contribution in [1.29, 1.82) is 0 Å². The highest BCUT2D eigenvalue weighted by atomic mass is 31.2. The van der Waals surface area contributed by atoms with Crippen LogP contribution in [-0.2, 0) is 21.8 Å². The fourth-order valence-electron chi connectivity index (χ4n) is 2.95. The Balaban J connectivity index is 1.98. The summed E-state index contributed by atoms with van der Waals surface area (Å²) in [5.41, 5.74) is -3.48. The smallest absolute Gasteiger partial charge is 0.303 e. The minimum absolute atomic E-state index is 0.356. The van der Waals surface area contributed by atoms with Crippen molar-refractivity contribution in [2.24, 2.45) is 0 Å². The van der Waals surface area contributed by atoms with Gasteiger partial charge in [-0.1, -0.05) is 12.1 Å². The summed E-state index contributed by atoms with van der Waals surface area (Å²) in [6.45, 7) is -1.95. The van der Waals surface area contributed by atoms with Gasteiger partial charge in [-0.25, -0.2) is 17.7 Å². The Kier molecular flexibility index (Phi) is 7.17. The van der Waals surface area contributed by atoms with Gasteiger partial charge in [0.1, 0.15) is 29.7 Å². The lowest BCUT2D eigenvalue weighted by atomic mass is 10.1. The van der Waals surface area contributed by atoms with Crippen molar-refractivity contribution < 1.29 is 50.0 Å². The van der Waals surface area contributed by atoms with Crippen LogP contribution in [0.5, 0.6) is 0 Å². The van der Waals surface area contributed by atoms with E-state index < -0.39 is 67.3 Å². The highest BCUT2D eigenvalue weighted by Crippen LogP contribution is 2.37. The zero-order valence-corrected chi connectivity index (χ0v) is 17.6.